The highest BCUT2D eigenvalue weighted by Gasteiger charge is 2.28. The highest BCUT2D eigenvalue weighted by atomic mass is 16.3. The van der Waals surface area contributed by atoms with E-state index in [2.05, 4.69) is 17.3 Å². The zero-order chi connectivity index (χ0) is 11.4. The summed E-state index contributed by atoms with van der Waals surface area (Å²) >= 11 is 0. The molecule has 0 bridgehead atoms. The number of nitrogens with zero attached hydrogens (tertiary/aromatic N) is 1. The predicted molar refractivity (Wildman–Crippen MR) is 66.5 cm³/mol. The summed E-state index contributed by atoms with van der Waals surface area (Å²) in [5, 5.41) is 12.5. The second-order valence-electron chi connectivity index (χ2n) is 5.46. The summed E-state index contributed by atoms with van der Waals surface area (Å²) in [5.74, 6) is 0.574. The quantitative estimate of drug-likeness (QED) is 0.759. The fraction of sp³-hybridized carbons (Fsp3) is 1.00. The van der Waals surface area contributed by atoms with Crippen LogP contribution in [0.4, 0.5) is 0 Å². The van der Waals surface area contributed by atoms with Crippen LogP contribution in [0.5, 0.6) is 0 Å². The Morgan fingerprint density at radius 2 is 1.69 bits per heavy atom. The number of likely N-dealkylation sites (tertiary alicyclic amines) is 1. The van der Waals surface area contributed by atoms with E-state index in [1.807, 2.05) is 0 Å². The van der Waals surface area contributed by atoms with Gasteiger partial charge in [0.1, 0.15) is 0 Å². The summed E-state index contributed by atoms with van der Waals surface area (Å²) in [6, 6.07) is 1.58. The van der Waals surface area contributed by atoms with Gasteiger partial charge in [0.05, 0.1) is 0 Å². The van der Waals surface area contributed by atoms with Crippen molar-refractivity contribution >= 4 is 0 Å². The van der Waals surface area contributed by atoms with E-state index in [1.165, 1.54) is 51.6 Å². The fourth-order valence-electron chi connectivity index (χ4n) is 3.23. The van der Waals surface area contributed by atoms with Gasteiger partial charge in [0.15, 0.2) is 0 Å². The average Bonchev–Trinajstić information content (AvgIpc) is 2.39. The molecule has 0 amide bonds. The van der Waals surface area contributed by atoms with E-state index in [9.17, 15) is 0 Å². The Hall–Kier alpha value is -0.120. The second kappa shape index (κ2) is 5.99. The van der Waals surface area contributed by atoms with Gasteiger partial charge < -0.3 is 15.3 Å². The largest absolute Gasteiger partial charge is 0.396 e. The summed E-state index contributed by atoms with van der Waals surface area (Å²) in [6.07, 6.45) is 7.78. The van der Waals surface area contributed by atoms with Gasteiger partial charge in [-0.25, -0.2) is 0 Å². The second-order valence-corrected chi connectivity index (χ2v) is 5.46. The van der Waals surface area contributed by atoms with Gasteiger partial charge in [0, 0.05) is 18.7 Å². The van der Waals surface area contributed by atoms with Crippen molar-refractivity contribution in [3.05, 3.63) is 0 Å². The molecule has 3 heteroatoms. The highest BCUT2D eigenvalue weighted by Crippen LogP contribution is 2.27. The van der Waals surface area contributed by atoms with E-state index < -0.39 is 0 Å². The van der Waals surface area contributed by atoms with Crippen molar-refractivity contribution in [2.75, 3.05) is 26.7 Å². The Labute approximate surface area is 99.2 Å². The number of aliphatic hydroxyl groups excluding tert-OH is 1. The number of nitrogens with one attached hydrogen (secondary N) is 1. The molecule has 16 heavy (non-hydrogen) atoms. The molecule has 1 heterocycles. The molecule has 0 radical (unpaired) electrons. The topological polar surface area (TPSA) is 35.5 Å². The molecule has 2 rings (SSSR count). The van der Waals surface area contributed by atoms with Gasteiger partial charge in [0.2, 0.25) is 0 Å². The molecule has 1 aliphatic carbocycles. The van der Waals surface area contributed by atoms with Crippen LogP contribution in [-0.2, 0) is 0 Å². The van der Waals surface area contributed by atoms with Crippen LogP contribution in [0, 0.1) is 5.92 Å². The lowest BCUT2D eigenvalue weighted by Gasteiger charge is -2.40. The van der Waals surface area contributed by atoms with E-state index in [1.54, 1.807) is 0 Å². The molecule has 2 fully saturated rings. The summed E-state index contributed by atoms with van der Waals surface area (Å²) < 4.78 is 0. The lowest BCUT2D eigenvalue weighted by atomic mass is 9.88. The third-order valence-corrected chi connectivity index (χ3v) is 4.53. The molecule has 2 aliphatic rings. The smallest absolute Gasteiger partial charge is 0.0460 e. The van der Waals surface area contributed by atoms with Gasteiger partial charge in [0.25, 0.3) is 0 Å². The van der Waals surface area contributed by atoms with E-state index in [-0.39, 0.29) is 0 Å². The monoisotopic (exact) mass is 226 g/mol. The maximum absolute atomic E-state index is 9.13. The molecule has 3 nitrogen and oxygen atoms in total. The molecular weight excluding hydrogens is 200 g/mol. The molecule has 0 aromatic carbocycles. The van der Waals surface area contributed by atoms with E-state index in [0.29, 0.717) is 12.5 Å². The number of rotatable bonds is 3. The van der Waals surface area contributed by atoms with Crippen molar-refractivity contribution < 1.29 is 5.11 Å². The van der Waals surface area contributed by atoms with Crippen LogP contribution in [0.2, 0.25) is 0 Å². The van der Waals surface area contributed by atoms with Gasteiger partial charge in [-0.2, -0.15) is 0 Å². The van der Waals surface area contributed by atoms with Crippen molar-refractivity contribution in [2.45, 2.75) is 50.6 Å². The van der Waals surface area contributed by atoms with Crippen molar-refractivity contribution in [2.24, 2.45) is 5.92 Å². The standard InChI is InChI=1S/C13H26N2O/c1-14-12-2-4-13(5-3-12)15-8-6-11(10-16)7-9-15/h11-14,16H,2-10H2,1H3. The van der Waals surface area contributed by atoms with E-state index >= 15 is 0 Å². The molecule has 0 spiro atoms. The molecule has 0 aromatic rings. The molecular formula is C13H26N2O. The third-order valence-electron chi connectivity index (χ3n) is 4.53. The Kier molecular flexibility index (Phi) is 4.62. The average molecular weight is 226 g/mol. The third kappa shape index (κ3) is 2.96. The van der Waals surface area contributed by atoms with Crippen LogP contribution in [0.15, 0.2) is 0 Å². The molecule has 1 saturated heterocycles. The van der Waals surface area contributed by atoms with E-state index in [4.69, 9.17) is 5.11 Å². The lowest BCUT2D eigenvalue weighted by Crippen LogP contribution is -2.45. The van der Waals surface area contributed by atoms with Crippen LogP contribution < -0.4 is 5.32 Å². The van der Waals surface area contributed by atoms with Crippen LogP contribution in [-0.4, -0.2) is 48.8 Å². The maximum atomic E-state index is 9.13. The van der Waals surface area contributed by atoms with Crippen molar-refractivity contribution in [1.82, 2.24) is 10.2 Å². The predicted octanol–water partition coefficient (Wildman–Crippen LogP) is 1.22. The SMILES string of the molecule is CNC1CCC(N2CCC(CO)CC2)CC1. The minimum absolute atomic E-state index is 0.389. The molecule has 0 unspecified atom stereocenters. The van der Waals surface area contributed by atoms with Crippen LogP contribution in [0.1, 0.15) is 38.5 Å². The summed E-state index contributed by atoms with van der Waals surface area (Å²) in [5.41, 5.74) is 0. The van der Waals surface area contributed by atoms with E-state index in [0.717, 1.165) is 12.1 Å². The van der Waals surface area contributed by atoms with Gasteiger partial charge in [-0.15, -0.1) is 0 Å². The van der Waals surface area contributed by atoms with Crippen molar-refractivity contribution in [3.8, 4) is 0 Å². The summed E-state index contributed by atoms with van der Waals surface area (Å²) in [4.78, 5) is 2.66. The fourth-order valence-corrected chi connectivity index (χ4v) is 3.23. The number of hydrogen-bond donors (Lipinski definition) is 2. The lowest BCUT2D eigenvalue weighted by molar-refractivity contribution is 0.0795. The molecule has 2 N–H and O–H groups in total. The summed E-state index contributed by atoms with van der Waals surface area (Å²) in [7, 11) is 2.08. The highest BCUT2D eigenvalue weighted by molar-refractivity contribution is 4.84. The van der Waals surface area contributed by atoms with Gasteiger partial charge >= 0.3 is 0 Å². The maximum Gasteiger partial charge on any atom is 0.0460 e. The zero-order valence-corrected chi connectivity index (χ0v) is 10.5. The minimum atomic E-state index is 0.389. The molecule has 0 atom stereocenters. The molecule has 1 aliphatic heterocycles. The molecule has 0 aromatic heterocycles. The van der Waals surface area contributed by atoms with Gasteiger partial charge in [-0.1, -0.05) is 0 Å². The first-order chi connectivity index (χ1) is 7.83. The zero-order valence-electron chi connectivity index (χ0n) is 10.5. The molecule has 1 saturated carbocycles. The van der Waals surface area contributed by atoms with Crippen molar-refractivity contribution in [3.63, 3.8) is 0 Å². The van der Waals surface area contributed by atoms with Crippen LogP contribution >= 0.6 is 0 Å². The number of piperidine rings is 1. The first-order valence-electron chi connectivity index (χ1n) is 6.85. The number of aliphatic hydroxyl groups is 1. The summed E-state index contributed by atoms with van der Waals surface area (Å²) in [6.45, 7) is 2.81. The van der Waals surface area contributed by atoms with Crippen LogP contribution in [0.3, 0.4) is 0 Å². The van der Waals surface area contributed by atoms with Gasteiger partial charge in [-0.05, 0) is 64.6 Å². The first-order valence-corrected chi connectivity index (χ1v) is 6.85. The Morgan fingerprint density at radius 3 is 2.19 bits per heavy atom. The van der Waals surface area contributed by atoms with Crippen molar-refractivity contribution in [1.29, 1.82) is 0 Å². The minimum Gasteiger partial charge on any atom is -0.396 e. The van der Waals surface area contributed by atoms with Crippen LogP contribution in [0.25, 0.3) is 0 Å². The Morgan fingerprint density at radius 1 is 1.06 bits per heavy atom. The van der Waals surface area contributed by atoms with Gasteiger partial charge in [-0.3, -0.25) is 0 Å². The molecule has 94 valence electrons. The normalized spacial score (nSPS) is 34.1. The Balaban J connectivity index is 1.73. The Bertz CT molecular complexity index is 172. The first kappa shape index (κ1) is 12.3. The number of hydrogen-bond acceptors (Lipinski definition) is 3.